The van der Waals surface area contributed by atoms with E-state index in [2.05, 4.69) is 35.9 Å². The smallest absolute Gasteiger partial charge is 0.189 e. The van der Waals surface area contributed by atoms with Crippen LogP contribution in [0.1, 0.15) is 15.9 Å². The van der Waals surface area contributed by atoms with Crippen LogP contribution >= 0.6 is 35.1 Å². The summed E-state index contributed by atoms with van der Waals surface area (Å²) < 4.78 is 0. The second-order valence-electron chi connectivity index (χ2n) is 8.32. The van der Waals surface area contributed by atoms with E-state index in [0.29, 0.717) is 28.1 Å². The monoisotopic (exact) mass is 601 g/mol. The number of aromatic nitrogens is 4. The lowest BCUT2D eigenvalue weighted by atomic mass is 10.2. The van der Waals surface area contributed by atoms with Crippen molar-refractivity contribution in [3.63, 3.8) is 0 Å². The van der Waals surface area contributed by atoms with Crippen LogP contribution in [0, 0.1) is 0 Å². The maximum absolute atomic E-state index is 10.9. The Kier molecular flexibility index (Phi) is 11.4. The van der Waals surface area contributed by atoms with E-state index in [9.17, 15) is 4.79 Å². The molecule has 5 rings (SSSR count). The lowest BCUT2D eigenvalue weighted by molar-refractivity contribution is 0.112. The molecule has 3 aromatic carbocycles. The van der Waals surface area contributed by atoms with Gasteiger partial charge in [0, 0.05) is 35.9 Å². The SMILES string of the molecule is CSc1ncc(C=O)c(Nc2ccccc2)n1.CSc1ncc(CNc2ccccc2Cl)c(Nc2ccccc2)n1. The number of rotatable bonds is 10. The molecule has 41 heavy (non-hydrogen) atoms. The first-order valence-electron chi connectivity index (χ1n) is 12.5. The number of anilines is 5. The Morgan fingerprint density at radius 3 is 1.85 bits per heavy atom. The highest BCUT2D eigenvalue weighted by Crippen LogP contribution is 2.25. The molecule has 2 heterocycles. The molecule has 11 heteroatoms. The highest BCUT2D eigenvalue weighted by atomic mass is 35.5. The molecule has 0 bridgehead atoms. The third-order valence-corrected chi connectivity index (χ3v) is 7.00. The van der Waals surface area contributed by atoms with Crippen molar-refractivity contribution < 1.29 is 4.79 Å². The van der Waals surface area contributed by atoms with Gasteiger partial charge in [-0.1, -0.05) is 83.7 Å². The van der Waals surface area contributed by atoms with E-state index >= 15 is 0 Å². The lowest BCUT2D eigenvalue weighted by Crippen LogP contribution is -2.07. The van der Waals surface area contributed by atoms with E-state index in [1.54, 1.807) is 0 Å². The largest absolute Gasteiger partial charge is 0.380 e. The van der Waals surface area contributed by atoms with E-state index < -0.39 is 0 Å². The third-order valence-electron chi connectivity index (χ3n) is 5.55. The summed E-state index contributed by atoms with van der Waals surface area (Å²) in [4.78, 5) is 28.2. The van der Waals surface area contributed by atoms with Gasteiger partial charge in [0.1, 0.15) is 11.6 Å². The van der Waals surface area contributed by atoms with Gasteiger partial charge < -0.3 is 16.0 Å². The fourth-order valence-corrected chi connectivity index (χ4v) is 4.38. The number of carbonyl (C=O) groups is 1. The highest BCUT2D eigenvalue weighted by Gasteiger charge is 2.09. The van der Waals surface area contributed by atoms with Gasteiger partial charge in [0.15, 0.2) is 16.6 Å². The van der Waals surface area contributed by atoms with Crippen LogP contribution in [0.3, 0.4) is 0 Å². The summed E-state index contributed by atoms with van der Waals surface area (Å²) in [5, 5.41) is 11.9. The predicted molar refractivity (Wildman–Crippen MR) is 171 cm³/mol. The molecule has 0 aliphatic rings. The standard InChI is InChI=1S/C18H17ClN4S.C12H11N3OS/c1-24-18-21-12-13(11-20-16-10-6-5-9-15(16)19)17(23-18)22-14-7-3-2-4-8-14;1-17-12-13-7-9(8-16)11(15-12)14-10-5-3-2-4-6-10/h2-10,12,20H,11H2,1H3,(H,21,22,23);2-8H,1H3,(H,13,14,15). The van der Waals surface area contributed by atoms with E-state index in [1.165, 1.54) is 29.7 Å². The number of hydrogen-bond donors (Lipinski definition) is 3. The number of nitrogens with one attached hydrogen (secondary N) is 3. The summed E-state index contributed by atoms with van der Waals surface area (Å²) in [6.07, 6.45) is 7.96. The Morgan fingerprint density at radius 2 is 1.27 bits per heavy atom. The van der Waals surface area contributed by atoms with Crippen LogP contribution in [0.15, 0.2) is 108 Å². The van der Waals surface area contributed by atoms with Gasteiger partial charge in [-0.2, -0.15) is 0 Å². The zero-order valence-corrected chi connectivity index (χ0v) is 24.8. The molecule has 3 N–H and O–H groups in total. The Hall–Kier alpha value is -4.12. The molecule has 0 radical (unpaired) electrons. The van der Waals surface area contributed by atoms with E-state index in [4.69, 9.17) is 11.6 Å². The number of para-hydroxylation sites is 3. The molecule has 0 fully saturated rings. The van der Waals surface area contributed by atoms with Crippen molar-refractivity contribution in [3.8, 4) is 0 Å². The quantitative estimate of drug-likeness (QED) is 0.0829. The molecule has 208 valence electrons. The molecule has 0 aliphatic carbocycles. The Balaban J connectivity index is 0.000000201. The summed E-state index contributed by atoms with van der Waals surface area (Å²) in [5.74, 6) is 1.32. The summed E-state index contributed by atoms with van der Waals surface area (Å²) >= 11 is 9.14. The van der Waals surface area contributed by atoms with Crippen molar-refractivity contribution in [2.24, 2.45) is 0 Å². The number of carbonyl (C=O) groups excluding carboxylic acids is 1. The minimum absolute atomic E-state index is 0.451. The van der Waals surface area contributed by atoms with Crippen LogP contribution in [0.25, 0.3) is 0 Å². The van der Waals surface area contributed by atoms with Gasteiger partial charge in [-0.3, -0.25) is 4.79 Å². The topological polar surface area (TPSA) is 105 Å². The normalized spacial score (nSPS) is 10.2. The second-order valence-corrected chi connectivity index (χ2v) is 10.3. The lowest BCUT2D eigenvalue weighted by Gasteiger charge is -2.13. The molecule has 0 saturated heterocycles. The molecule has 0 unspecified atom stereocenters. The predicted octanol–water partition coefficient (Wildman–Crippen LogP) is 7.96. The number of benzene rings is 3. The van der Waals surface area contributed by atoms with E-state index in [0.717, 1.165) is 39.9 Å². The Labute approximate surface area is 252 Å². The average Bonchev–Trinajstić information content (AvgIpc) is 3.02. The van der Waals surface area contributed by atoms with Crippen molar-refractivity contribution in [2.45, 2.75) is 16.9 Å². The molecule has 0 saturated carbocycles. The number of nitrogens with zero attached hydrogens (tertiary/aromatic N) is 4. The number of aldehydes is 1. The summed E-state index contributed by atoms with van der Waals surface area (Å²) in [6, 6.07) is 27.2. The Morgan fingerprint density at radius 1 is 0.732 bits per heavy atom. The first-order chi connectivity index (χ1) is 20.1. The van der Waals surface area contributed by atoms with Crippen molar-refractivity contribution in [2.75, 3.05) is 28.5 Å². The minimum atomic E-state index is 0.451. The first kappa shape index (κ1) is 29.9. The molecule has 0 spiro atoms. The van der Waals surface area contributed by atoms with Gasteiger partial charge in [0.2, 0.25) is 0 Å². The highest BCUT2D eigenvalue weighted by molar-refractivity contribution is 7.98. The molecule has 0 aliphatic heterocycles. The van der Waals surface area contributed by atoms with Gasteiger partial charge in [-0.25, -0.2) is 19.9 Å². The van der Waals surface area contributed by atoms with Gasteiger partial charge in [-0.05, 0) is 48.9 Å². The minimum Gasteiger partial charge on any atom is -0.380 e. The molecule has 2 aromatic heterocycles. The van der Waals surface area contributed by atoms with Crippen LogP contribution in [0.4, 0.5) is 28.7 Å². The molecule has 0 atom stereocenters. The van der Waals surface area contributed by atoms with E-state index in [-0.39, 0.29) is 0 Å². The summed E-state index contributed by atoms with van der Waals surface area (Å²) in [6.45, 7) is 0.577. The average molecular weight is 602 g/mol. The van der Waals surface area contributed by atoms with Crippen molar-refractivity contribution in [1.82, 2.24) is 19.9 Å². The van der Waals surface area contributed by atoms with Gasteiger partial charge in [0.25, 0.3) is 0 Å². The second kappa shape index (κ2) is 15.6. The Bertz CT molecular complexity index is 1560. The summed E-state index contributed by atoms with van der Waals surface area (Å²) in [7, 11) is 0. The molecule has 0 amide bonds. The number of halogens is 1. The maximum Gasteiger partial charge on any atom is 0.189 e. The van der Waals surface area contributed by atoms with Crippen LogP contribution < -0.4 is 16.0 Å². The molecule has 8 nitrogen and oxygen atoms in total. The first-order valence-corrected chi connectivity index (χ1v) is 15.3. The van der Waals surface area contributed by atoms with E-state index in [1.807, 2.05) is 104 Å². The van der Waals surface area contributed by atoms with Gasteiger partial charge in [-0.15, -0.1) is 0 Å². The maximum atomic E-state index is 10.9. The van der Waals surface area contributed by atoms with Crippen LogP contribution in [0.2, 0.25) is 5.02 Å². The molecular weight excluding hydrogens is 574 g/mol. The molecular formula is C30H28ClN7OS2. The fraction of sp³-hybridized carbons (Fsp3) is 0.100. The van der Waals surface area contributed by atoms with Crippen LogP contribution in [-0.2, 0) is 6.54 Å². The summed E-state index contributed by atoms with van der Waals surface area (Å²) in [5.41, 5.74) is 4.19. The number of hydrogen-bond acceptors (Lipinski definition) is 10. The zero-order chi connectivity index (χ0) is 28.9. The fourth-order valence-electron chi connectivity index (χ4n) is 3.50. The van der Waals surface area contributed by atoms with Crippen molar-refractivity contribution in [1.29, 1.82) is 0 Å². The zero-order valence-electron chi connectivity index (χ0n) is 22.4. The van der Waals surface area contributed by atoms with Crippen LogP contribution in [-0.4, -0.2) is 38.7 Å². The van der Waals surface area contributed by atoms with Crippen LogP contribution in [0.5, 0.6) is 0 Å². The van der Waals surface area contributed by atoms with Gasteiger partial charge >= 0.3 is 0 Å². The molecule has 5 aromatic rings. The number of thioether (sulfide) groups is 2. The van der Waals surface area contributed by atoms with Gasteiger partial charge in [0.05, 0.1) is 16.3 Å². The van der Waals surface area contributed by atoms with Crippen molar-refractivity contribution >= 4 is 70.1 Å². The van der Waals surface area contributed by atoms with Crippen molar-refractivity contribution in [3.05, 3.63) is 113 Å². The third kappa shape index (κ3) is 8.94.